The van der Waals surface area contributed by atoms with Crippen LogP contribution in [0.3, 0.4) is 0 Å². The number of aliphatic imine (C=N–C) groups is 1. The van der Waals surface area contributed by atoms with Crippen LogP contribution in [0.4, 0.5) is 5.69 Å². The second-order valence-corrected chi connectivity index (χ2v) is 5.10. The van der Waals surface area contributed by atoms with E-state index in [4.69, 9.17) is 5.26 Å². The maximum atomic E-state index is 12.2. The number of nitrogens with one attached hydrogen (secondary N) is 3. The van der Waals surface area contributed by atoms with Crippen LogP contribution in [0.25, 0.3) is 0 Å². The van der Waals surface area contributed by atoms with Crippen LogP contribution >= 0.6 is 0 Å². The van der Waals surface area contributed by atoms with Crippen LogP contribution in [0.15, 0.2) is 53.8 Å². The van der Waals surface area contributed by atoms with Gasteiger partial charge in [0, 0.05) is 11.8 Å². The second kappa shape index (κ2) is 8.29. The van der Waals surface area contributed by atoms with Crippen molar-refractivity contribution in [3.63, 3.8) is 0 Å². The van der Waals surface area contributed by atoms with Crippen molar-refractivity contribution in [3.8, 4) is 6.19 Å². The summed E-state index contributed by atoms with van der Waals surface area (Å²) in [5, 5.41) is 17.0. The first kappa shape index (κ1) is 17.0. The normalized spacial score (nSPS) is 12.0. The van der Waals surface area contributed by atoms with Crippen LogP contribution in [0.2, 0.25) is 0 Å². The van der Waals surface area contributed by atoms with Gasteiger partial charge in [-0.25, -0.2) is 4.99 Å². The molecule has 2 aromatic rings. The van der Waals surface area contributed by atoms with Gasteiger partial charge in [-0.1, -0.05) is 17.7 Å². The van der Waals surface area contributed by atoms with E-state index in [0.29, 0.717) is 11.3 Å². The number of benzene rings is 1. The van der Waals surface area contributed by atoms with Crippen LogP contribution in [-0.4, -0.2) is 23.0 Å². The van der Waals surface area contributed by atoms with Gasteiger partial charge in [-0.05, 0) is 38.1 Å². The molecule has 7 nitrogen and oxygen atoms in total. The SMILES string of the molecule is Cc1ccc(C(=O)NC(C)/N=C(\NC#N)Nc2cccnc2)cc1. The lowest BCUT2D eigenvalue weighted by Crippen LogP contribution is -2.35. The molecule has 0 aliphatic carbocycles. The standard InChI is InChI=1S/C17H18N6O/c1-12-5-7-14(8-6-12)16(24)21-13(2)22-17(20-11-18)23-15-4-3-9-19-10-15/h3-10,13H,1-2H3,(H,21,24)(H2,20,22,23). The van der Waals surface area contributed by atoms with Gasteiger partial charge in [0.2, 0.25) is 5.96 Å². The van der Waals surface area contributed by atoms with E-state index < -0.39 is 6.17 Å². The van der Waals surface area contributed by atoms with Crippen molar-refractivity contribution in [2.24, 2.45) is 4.99 Å². The maximum Gasteiger partial charge on any atom is 0.252 e. The topological polar surface area (TPSA) is 102 Å². The van der Waals surface area contributed by atoms with Gasteiger partial charge >= 0.3 is 0 Å². The Morgan fingerprint density at radius 2 is 2.04 bits per heavy atom. The number of pyridine rings is 1. The molecule has 1 heterocycles. The molecule has 0 radical (unpaired) electrons. The fourth-order valence-corrected chi connectivity index (χ4v) is 1.93. The predicted molar refractivity (Wildman–Crippen MR) is 92.2 cm³/mol. The van der Waals surface area contributed by atoms with Gasteiger partial charge in [0.15, 0.2) is 6.19 Å². The summed E-state index contributed by atoms with van der Waals surface area (Å²) in [7, 11) is 0. The van der Waals surface area contributed by atoms with Crippen LogP contribution < -0.4 is 16.0 Å². The molecular formula is C17H18N6O. The minimum absolute atomic E-state index is 0.224. The summed E-state index contributed by atoms with van der Waals surface area (Å²) in [6, 6.07) is 10.8. The van der Waals surface area contributed by atoms with E-state index in [1.165, 1.54) is 0 Å². The zero-order chi connectivity index (χ0) is 17.4. The molecule has 1 aromatic carbocycles. The van der Waals surface area contributed by atoms with Crippen LogP contribution in [-0.2, 0) is 0 Å². The minimum Gasteiger partial charge on any atom is -0.330 e. The molecule has 1 aromatic heterocycles. The van der Waals surface area contributed by atoms with E-state index in [1.807, 2.05) is 25.2 Å². The fourth-order valence-electron chi connectivity index (χ4n) is 1.93. The maximum absolute atomic E-state index is 12.2. The van der Waals surface area contributed by atoms with Crippen molar-refractivity contribution < 1.29 is 4.79 Å². The molecule has 0 bridgehead atoms. The molecule has 1 atom stereocenters. The third kappa shape index (κ3) is 5.10. The molecule has 0 aliphatic heterocycles. The molecule has 0 saturated carbocycles. The number of carbonyl (C=O) groups is 1. The lowest BCUT2D eigenvalue weighted by Gasteiger charge is -2.13. The Bertz CT molecular complexity index is 749. The van der Waals surface area contributed by atoms with E-state index in [9.17, 15) is 4.79 Å². The van der Waals surface area contributed by atoms with Crippen molar-refractivity contribution >= 4 is 17.6 Å². The average molecular weight is 322 g/mol. The largest absolute Gasteiger partial charge is 0.330 e. The van der Waals surface area contributed by atoms with Crippen molar-refractivity contribution in [2.45, 2.75) is 20.0 Å². The molecule has 2 rings (SSSR count). The first-order valence-corrected chi connectivity index (χ1v) is 7.36. The highest BCUT2D eigenvalue weighted by atomic mass is 16.1. The first-order valence-electron chi connectivity index (χ1n) is 7.36. The van der Waals surface area contributed by atoms with Gasteiger partial charge in [-0.3, -0.25) is 15.1 Å². The number of aromatic nitrogens is 1. The van der Waals surface area contributed by atoms with Crippen molar-refractivity contribution in [3.05, 3.63) is 59.9 Å². The predicted octanol–water partition coefficient (Wildman–Crippen LogP) is 2.00. The molecular weight excluding hydrogens is 304 g/mol. The number of guanidine groups is 1. The van der Waals surface area contributed by atoms with Gasteiger partial charge in [-0.2, -0.15) is 5.26 Å². The number of nitrogens with zero attached hydrogens (tertiary/aromatic N) is 3. The number of hydrogen-bond acceptors (Lipinski definition) is 4. The van der Waals surface area contributed by atoms with Gasteiger partial charge in [0.05, 0.1) is 11.9 Å². The third-order valence-corrected chi connectivity index (χ3v) is 3.08. The Balaban J connectivity index is 2.04. The molecule has 0 saturated heterocycles. The Morgan fingerprint density at radius 3 is 2.67 bits per heavy atom. The molecule has 1 amide bonds. The van der Waals surface area contributed by atoms with Crippen molar-refractivity contribution in [1.82, 2.24) is 15.6 Å². The number of carbonyl (C=O) groups excluding carboxylic acids is 1. The zero-order valence-electron chi connectivity index (χ0n) is 13.4. The number of rotatable bonds is 4. The van der Waals surface area contributed by atoms with Gasteiger partial charge < -0.3 is 10.6 Å². The molecule has 0 fully saturated rings. The van der Waals surface area contributed by atoms with Crippen LogP contribution in [0.5, 0.6) is 0 Å². The number of nitriles is 1. The highest BCUT2D eigenvalue weighted by Crippen LogP contribution is 2.05. The number of aryl methyl sites for hydroxylation is 1. The summed E-state index contributed by atoms with van der Waals surface area (Å²) in [6.45, 7) is 3.68. The monoisotopic (exact) mass is 322 g/mol. The molecule has 0 spiro atoms. The van der Waals surface area contributed by atoms with Crippen molar-refractivity contribution in [2.75, 3.05) is 5.32 Å². The van der Waals surface area contributed by atoms with Crippen molar-refractivity contribution in [1.29, 1.82) is 5.26 Å². The molecule has 3 N–H and O–H groups in total. The fraction of sp³-hybridized carbons (Fsp3) is 0.176. The molecule has 24 heavy (non-hydrogen) atoms. The van der Waals surface area contributed by atoms with Crippen LogP contribution in [0.1, 0.15) is 22.8 Å². The minimum atomic E-state index is -0.529. The molecule has 0 aliphatic rings. The number of hydrogen-bond donors (Lipinski definition) is 3. The summed E-state index contributed by atoms with van der Waals surface area (Å²) in [6.07, 6.45) is 4.52. The molecule has 7 heteroatoms. The lowest BCUT2D eigenvalue weighted by atomic mass is 10.1. The van der Waals surface area contributed by atoms with Gasteiger partial charge in [0.1, 0.15) is 6.17 Å². The number of anilines is 1. The summed E-state index contributed by atoms with van der Waals surface area (Å²) in [5.41, 5.74) is 2.31. The Hall–Kier alpha value is -3.40. The van der Waals surface area contributed by atoms with E-state index in [2.05, 4.69) is 25.9 Å². The summed E-state index contributed by atoms with van der Waals surface area (Å²) in [5.74, 6) is -0.00820. The third-order valence-electron chi connectivity index (χ3n) is 3.08. The summed E-state index contributed by atoms with van der Waals surface area (Å²) < 4.78 is 0. The second-order valence-electron chi connectivity index (χ2n) is 5.10. The van der Waals surface area contributed by atoms with E-state index in [0.717, 1.165) is 5.56 Å². The van der Waals surface area contributed by atoms with Gasteiger partial charge in [0.25, 0.3) is 5.91 Å². The molecule has 122 valence electrons. The Morgan fingerprint density at radius 1 is 1.29 bits per heavy atom. The summed E-state index contributed by atoms with van der Waals surface area (Å²) in [4.78, 5) is 20.4. The van der Waals surface area contributed by atoms with Crippen LogP contribution in [0, 0.1) is 18.4 Å². The average Bonchev–Trinajstić information content (AvgIpc) is 2.56. The lowest BCUT2D eigenvalue weighted by molar-refractivity contribution is 0.0941. The van der Waals surface area contributed by atoms with E-state index >= 15 is 0 Å². The highest BCUT2D eigenvalue weighted by molar-refractivity contribution is 5.96. The Labute approximate surface area is 140 Å². The Kier molecular flexibility index (Phi) is 5.86. The highest BCUT2D eigenvalue weighted by Gasteiger charge is 2.10. The van der Waals surface area contributed by atoms with Gasteiger partial charge in [-0.15, -0.1) is 0 Å². The quantitative estimate of drug-likeness (QED) is 0.346. The first-order chi connectivity index (χ1) is 11.6. The van der Waals surface area contributed by atoms with E-state index in [1.54, 1.807) is 43.6 Å². The molecule has 1 unspecified atom stereocenters. The smallest absolute Gasteiger partial charge is 0.252 e. The zero-order valence-corrected chi connectivity index (χ0v) is 13.4. The summed E-state index contributed by atoms with van der Waals surface area (Å²) >= 11 is 0. The number of amides is 1. The van der Waals surface area contributed by atoms with E-state index in [-0.39, 0.29) is 11.9 Å².